The maximum atomic E-state index is 11.3. The molecule has 1 aromatic carbocycles. The quantitative estimate of drug-likeness (QED) is 0.868. The Morgan fingerprint density at radius 1 is 1.39 bits per heavy atom. The largest absolute Gasteiger partial charge is 0.489 e. The minimum absolute atomic E-state index is 0.0775. The molecule has 4 nitrogen and oxygen atoms in total. The van der Waals surface area contributed by atoms with Gasteiger partial charge in [-0.15, -0.1) is 0 Å². The summed E-state index contributed by atoms with van der Waals surface area (Å²) in [6.07, 6.45) is 0.499. The van der Waals surface area contributed by atoms with E-state index in [1.807, 2.05) is 0 Å². The molecule has 0 aromatic heterocycles. The maximum Gasteiger partial charge on any atom is 0.323 e. The lowest BCUT2D eigenvalue weighted by Gasteiger charge is -2.13. The van der Waals surface area contributed by atoms with Gasteiger partial charge >= 0.3 is 5.97 Å². The molecule has 0 amide bonds. The van der Waals surface area contributed by atoms with Crippen LogP contribution in [0.1, 0.15) is 6.42 Å². The predicted molar refractivity (Wildman–Crippen MR) is 69.3 cm³/mol. The summed E-state index contributed by atoms with van der Waals surface area (Å²) in [6.45, 7) is 0.597. The molecule has 6 heteroatoms. The highest BCUT2D eigenvalue weighted by Gasteiger charge is 2.31. The van der Waals surface area contributed by atoms with E-state index in [-0.39, 0.29) is 18.1 Å². The van der Waals surface area contributed by atoms with E-state index in [1.54, 1.807) is 18.2 Å². The van der Waals surface area contributed by atoms with E-state index in [9.17, 15) is 4.79 Å². The van der Waals surface area contributed by atoms with Gasteiger partial charge in [-0.3, -0.25) is 4.79 Å². The molecule has 18 heavy (non-hydrogen) atoms. The van der Waals surface area contributed by atoms with Crippen LogP contribution in [-0.2, 0) is 9.53 Å². The average Bonchev–Trinajstić information content (AvgIpc) is 2.81. The van der Waals surface area contributed by atoms with Crippen LogP contribution in [0.5, 0.6) is 5.75 Å². The topological polar surface area (TPSA) is 47.6 Å². The fraction of sp³-hybridized carbons (Fsp3) is 0.417. The first-order valence-corrected chi connectivity index (χ1v) is 6.28. The first-order chi connectivity index (χ1) is 8.60. The number of benzene rings is 1. The van der Waals surface area contributed by atoms with Crippen LogP contribution in [0.3, 0.4) is 0 Å². The lowest BCUT2D eigenvalue weighted by Crippen LogP contribution is -2.31. The fourth-order valence-corrected chi connectivity index (χ4v) is 2.15. The molecule has 2 atom stereocenters. The van der Waals surface area contributed by atoms with Gasteiger partial charge in [0.15, 0.2) is 0 Å². The van der Waals surface area contributed by atoms with E-state index in [4.69, 9.17) is 27.9 Å². The Labute approximate surface area is 115 Å². The SMILES string of the molecule is COC(=O)[C@@H]1C[C@H](Oc2ccc(Cl)c(Cl)c2)CN1. The zero-order valence-corrected chi connectivity index (χ0v) is 11.3. The number of esters is 1. The molecule has 1 heterocycles. The van der Waals surface area contributed by atoms with E-state index < -0.39 is 0 Å². The summed E-state index contributed by atoms with van der Waals surface area (Å²) in [5, 5.41) is 3.98. The van der Waals surface area contributed by atoms with Gasteiger partial charge in [-0.2, -0.15) is 0 Å². The minimum Gasteiger partial charge on any atom is -0.489 e. The summed E-state index contributed by atoms with van der Waals surface area (Å²) in [5.74, 6) is 0.372. The molecule has 0 saturated carbocycles. The number of hydrogen-bond donors (Lipinski definition) is 1. The molecule has 0 unspecified atom stereocenters. The highest BCUT2D eigenvalue weighted by molar-refractivity contribution is 6.42. The number of carbonyl (C=O) groups is 1. The van der Waals surface area contributed by atoms with Crippen molar-refractivity contribution in [1.29, 1.82) is 0 Å². The standard InChI is InChI=1S/C12H13Cl2NO3/c1-17-12(16)11-5-8(6-15-11)18-7-2-3-9(13)10(14)4-7/h2-4,8,11,15H,5-6H2,1H3/t8-,11-/m0/s1. The minimum atomic E-state index is -0.303. The Bertz CT molecular complexity index is 453. The second-order valence-corrected chi connectivity index (χ2v) is 4.85. The van der Waals surface area contributed by atoms with Gasteiger partial charge in [0, 0.05) is 19.0 Å². The molecular weight excluding hydrogens is 277 g/mol. The number of rotatable bonds is 3. The second kappa shape index (κ2) is 5.78. The molecule has 1 aliphatic rings. The lowest BCUT2D eigenvalue weighted by atomic mass is 10.2. The smallest absolute Gasteiger partial charge is 0.323 e. The van der Waals surface area contributed by atoms with E-state index in [1.165, 1.54) is 7.11 Å². The predicted octanol–water partition coefficient (Wildman–Crippen LogP) is 2.28. The third-order valence-corrected chi connectivity index (χ3v) is 3.51. The Hall–Kier alpha value is -0.970. The number of halogens is 2. The van der Waals surface area contributed by atoms with Crippen LogP contribution in [0, 0.1) is 0 Å². The van der Waals surface area contributed by atoms with E-state index in [2.05, 4.69) is 10.1 Å². The molecule has 2 rings (SSSR count). The normalized spacial score (nSPS) is 22.8. The van der Waals surface area contributed by atoms with Crippen molar-refractivity contribution in [2.75, 3.05) is 13.7 Å². The van der Waals surface area contributed by atoms with Gasteiger partial charge in [0.1, 0.15) is 17.9 Å². The van der Waals surface area contributed by atoms with Crippen molar-refractivity contribution in [3.8, 4) is 5.75 Å². The van der Waals surface area contributed by atoms with Crippen LogP contribution in [0.25, 0.3) is 0 Å². The average molecular weight is 290 g/mol. The van der Waals surface area contributed by atoms with Crippen molar-refractivity contribution < 1.29 is 14.3 Å². The molecule has 0 radical (unpaired) electrons. The van der Waals surface area contributed by atoms with Crippen molar-refractivity contribution in [3.05, 3.63) is 28.2 Å². The zero-order valence-electron chi connectivity index (χ0n) is 9.78. The van der Waals surface area contributed by atoms with E-state index in [0.717, 1.165) is 0 Å². The van der Waals surface area contributed by atoms with Crippen molar-refractivity contribution in [3.63, 3.8) is 0 Å². The van der Waals surface area contributed by atoms with Crippen molar-refractivity contribution >= 4 is 29.2 Å². The first kappa shape index (κ1) is 13.5. The molecule has 1 aliphatic heterocycles. The maximum absolute atomic E-state index is 11.3. The van der Waals surface area contributed by atoms with Crippen LogP contribution in [0.2, 0.25) is 10.0 Å². The fourth-order valence-electron chi connectivity index (χ4n) is 1.86. The first-order valence-electron chi connectivity index (χ1n) is 5.53. The van der Waals surface area contributed by atoms with Crippen molar-refractivity contribution in [2.24, 2.45) is 0 Å². The summed E-state index contributed by atoms with van der Waals surface area (Å²) in [4.78, 5) is 11.3. The van der Waals surface area contributed by atoms with Gasteiger partial charge in [0.05, 0.1) is 17.2 Å². The van der Waals surface area contributed by atoms with Crippen LogP contribution < -0.4 is 10.1 Å². The summed E-state index contributed by atoms with van der Waals surface area (Å²) in [5.41, 5.74) is 0. The van der Waals surface area contributed by atoms with Crippen LogP contribution in [0.4, 0.5) is 0 Å². The highest BCUT2D eigenvalue weighted by atomic mass is 35.5. The molecule has 1 fully saturated rings. The highest BCUT2D eigenvalue weighted by Crippen LogP contribution is 2.27. The molecule has 0 spiro atoms. The molecule has 98 valence electrons. The van der Waals surface area contributed by atoms with Gasteiger partial charge in [-0.25, -0.2) is 0 Å². The molecule has 1 aromatic rings. The summed E-state index contributed by atoms with van der Waals surface area (Å²) in [7, 11) is 1.37. The summed E-state index contributed by atoms with van der Waals surface area (Å²) in [6, 6.07) is 4.79. The Kier molecular flexibility index (Phi) is 4.32. The van der Waals surface area contributed by atoms with Crippen molar-refractivity contribution in [2.45, 2.75) is 18.6 Å². The number of carbonyl (C=O) groups excluding carboxylic acids is 1. The number of methoxy groups -OCH3 is 1. The molecule has 1 N–H and O–H groups in total. The van der Waals surface area contributed by atoms with E-state index in [0.29, 0.717) is 28.8 Å². The van der Waals surface area contributed by atoms with Crippen LogP contribution in [0.15, 0.2) is 18.2 Å². The monoisotopic (exact) mass is 289 g/mol. The van der Waals surface area contributed by atoms with Gasteiger partial charge in [0.2, 0.25) is 0 Å². The molecule has 0 bridgehead atoms. The lowest BCUT2D eigenvalue weighted by molar-refractivity contribution is -0.142. The Morgan fingerprint density at radius 3 is 2.83 bits per heavy atom. The summed E-state index contributed by atoms with van der Waals surface area (Å²) >= 11 is 11.7. The Morgan fingerprint density at radius 2 is 2.17 bits per heavy atom. The van der Waals surface area contributed by atoms with Crippen LogP contribution in [-0.4, -0.2) is 31.8 Å². The number of nitrogens with one attached hydrogen (secondary N) is 1. The number of ether oxygens (including phenoxy) is 2. The van der Waals surface area contributed by atoms with Gasteiger partial charge in [-0.1, -0.05) is 23.2 Å². The van der Waals surface area contributed by atoms with Gasteiger partial charge < -0.3 is 14.8 Å². The molecular formula is C12H13Cl2NO3. The summed E-state index contributed by atoms with van der Waals surface area (Å²) < 4.78 is 10.4. The van der Waals surface area contributed by atoms with E-state index >= 15 is 0 Å². The third kappa shape index (κ3) is 3.07. The number of hydrogen-bond acceptors (Lipinski definition) is 4. The molecule has 1 saturated heterocycles. The van der Waals surface area contributed by atoms with Gasteiger partial charge in [-0.05, 0) is 12.1 Å². The zero-order chi connectivity index (χ0) is 13.1. The van der Waals surface area contributed by atoms with Crippen molar-refractivity contribution in [1.82, 2.24) is 5.32 Å². The second-order valence-electron chi connectivity index (χ2n) is 4.04. The van der Waals surface area contributed by atoms with Crippen LogP contribution >= 0.6 is 23.2 Å². The Balaban J connectivity index is 1.95. The molecule has 0 aliphatic carbocycles. The third-order valence-electron chi connectivity index (χ3n) is 2.77. The van der Waals surface area contributed by atoms with Gasteiger partial charge in [0.25, 0.3) is 0 Å².